The zero-order chi connectivity index (χ0) is 24.1. The van der Waals surface area contributed by atoms with Crippen LogP contribution in [0.25, 0.3) is 0 Å². The molecule has 3 rings (SSSR count). The summed E-state index contributed by atoms with van der Waals surface area (Å²) in [6, 6.07) is 6.06. The summed E-state index contributed by atoms with van der Waals surface area (Å²) in [6.07, 6.45) is 4.69. The zero-order valence-electron chi connectivity index (χ0n) is 19.8. The number of likely N-dealkylation sites (N-methyl/N-ethyl adjacent to an activating group) is 1. The third-order valence-electron chi connectivity index (χ3n) is 5.86. The molecule has 0 spiro atoms. The van der Waals surface area contributed by atoms with Gasteiger partial charge in [0.15, 0.2) is 0 Å². The van der Waals surface area contributed by atoms with Crippen LogP contribution >= 0.6 is 0 Å². The van der Waals surface area contributed by atoms with Crippen molar-refractivity contribution in [1.29, 1.82) is 0 Å². The minimum Gasteiger partial charge on any atom is -0.507 e. The predicted molar refractivity (Wildman–Crippen MR) is 124 cm³/mol. The van der Waals surface area contributed by atoms with Gasteiger partial charge in [-0.2, -0.15) is 0 Å². The van der Waals surface area contributed by atoms with Crippen molar-refractivity contribution in [2.45, 2.75) is 52.6 Å². The number of phenols is 1. The zero-order valence-corrected chi connectivity index (χ0v) is 19.8. The van der Waals surface area contributed by atoms with E-state index in [0.717, 1.165) is 60.5 Å². The summed E-state index contributed by atoms with van der Waals surface area (Å²) >= 11 is 0. The highest BCUT2D eigenvalue weighted by molar-refractivity contribution is 6.27. The molecule has 1 aromatic carbocycles. The first kappa shape index (κ1) is 27.9. The van der Waals surface area contributed by atoms with Crippen LogP contribution in [0.5, 0.6) is 11.5 Å². The van der Waals surface area contributed by atoms with Crippen LogP contribution in [0.15, 0.2) is 24.4 Å². The Labute approximate surface area is 194 Å². The number of ether oxygens (including phenoxy) is 1. The number of carboxylic acids is 2. The van der Waals surface area contributed by atoms with Gasteiger partial charge in [0.05, 0.1) is 0 Å². The predicted octanol–water partition coefficient (Wildman–Crippen LogP) is 2.30. The molecule has 0 saturated heterocycles. The molecule has 9 nitrogen and oxygen atoms in total. The van der Waals surface area contributed by atoms with Crippen molar-refractivity contribution < 1.29 is 35.1 Å². The average Bonchev–Trinajstić information content (AvgIpc) is 2.75. The second kappa shape index (κ2) is 11.6. The molecular formula is C24H34N2O7. The quantitative estimate of drug-likeness (QED) is 0.573. The summed E-state index contributed by atoms with van der Waals surface area (Å²) in [7, 11) is 2.15. The smallest absolute Gasteiger partial charge is 0.414 e. The molecule has 1 unspecified atom stereocenters. The lowest BCUT2D eigenvalue weighted by molar-refractivity contribution is -0.159. The lowest BCUT2D eigenvalue weighted by Gasteiger charge is -2.40. The van der Waals surface area contributed by atoms with Crippen LogP contribution in [0.3, 0.4) is 0 Å². The molecule has 1 aromatic heterocycles. The maximum atomic E-state index is 10.3. The Hall–Kier alpha value is -3.17. The van der Waals surface area contributed by atoms with E-state index in [0.29, 0.717) is 5.75 Å². The van der Waals surface area contributed by atoms with Crippen molar-refractivity contribution in [2.75, 3.05) is 20.1 Å². The van der Waals surface area contributed by atoms with Crippen LogP contribution in [-0.2, 0) is 22.4 Å². The van der Waals surface area contributed by atoms with Gasteiger partial charge in [0.2, 0.25) is 0 Å². The van der Waals surface area contributed by atoms with Gasteiger partial charge in [0.1, 0.15) is 17.1 Å². The minimum atomic E-state index is -1.82. The van der Waals surface area contributed by atoms with Crippen LogP contribution in [0.4, 0.5) is 0 Å². The third kappa shape index (κ3) is 7.16. The number of rotatable bonds is 5. The van der Waals surface area contributed by atoms with Gasteiger partial charge >= 0.3 is 11.9 Å². The van der Waals surface area contributed by atoms with E-state index in [1.807, 2.05) is 39.1 Å². The van der Waals surface area contributed by atoms with Gasteiger partial charge in [-0.3, -0.25) is 4.98 Å². The summed E-state index contributed by atoms with van der Waals surface area (Å²) in [4.78, 5) is 24.9. The summed E-state index contributed by atoms with van der Waals surface area (Å²) in [5.41, 5.74) is 5.02. The Morgan fingerprint density at radius 3 is 2.30 bits per heavy atom. The second-order valence-electron chi connectivity index (χ2n) is 8.50. The molecule has 5 N–H and O–H groups in total. The number of hydrogen-bond donors (Lipinski definition) is 3. The molecule has 1 atom stereocenters. The van der Waals surface area contributed by atoms with E-state index in [1.165, 1.54) is 5.56 Å². The number of aromatic hydroxyl groups is 1. The number of aliphatic carboxylic acids is 2. The van der Waals surface area contributed by atoms with Gasteiger partial charge < -0.3 is 30.4 Å². The van der Waals surface area contributed by atoms with E-state index < -0.39 is 11.9 Å². The summed E-state index contributed by atoms with van der Waals surface area (Å²) in [5, 5.41) is 25.1. The highest BCUT2D eigenvalue weighted by Crippen LogP contribution is 2.43. The lowest BCUT2D eigenvalue weighted by Crippen LogP contribution is -2.47. The molecule has 1 aliphatic rings. The number of pyridine rings is 1. The fourth-order valence-corrected chi connectivity index (χ4v) is 3.91. The van der Waals surface area contributed by atoms with Gasteiger partial charge in [-0.1, -0.05) is 6.07 Å². The highest BCUT2D eigenvalue weighted by Gasteiger charge is 2.35. The van der Waals surface area contributed by atoms with Crippen molar-refractivity contribution in [3.63, 3.8) is 0 Å². The first-order valence-electron chi connectivity index (χ1n) is 10.5. The molecule has 182 valence electrons. The number of phenolic OH excluding ortho intramolecular Hbond substituents is 1. The van der Waals surface area contributed by atoms with Gasteiger partial charge in [-0.05, 0) is 76.4 Å². The Morgan fingerprint density at radius 1 is 1.12 bits per heavy atom. The second-order valence-corrected chi connectivity index (χ2v) is 8.50. The number of benzene rings is 1. The molecule has 0 saturated carbocycles. The van der Waals surface area contributed by atoms with Crippen molar-refractivity contribution in [3.05, 3.63) is 52.3 Å². The number of carbonyl (C=O) groups is 2. The maximum absolute atomic E-state index is 10.3. The fraction of sp³-hybridized carbons (Fsp3) is 0.458. The number of fused-ring (bicyclic) bond motifs is 1. The van der Waals surface area contributed by atoms with Crippen LogP contribution in [0.2, 0.25) is 0 Å². The van der Waals surface area contributed by atoms with Crippen LogP contribution in [-0.4, -0.2) is 68.4 Å². The Morgan fingerprint density at radius 2 is 1.76 bits per heavy atom. The number of aromatic nitrogens is 1. The van der Waals surface area contributed by atoms with Gasteiger partial charge in [0.25, 0.3) is 0 Å². The molecule has 1 aliphatic heterocycles. The molecule has 2 aromatic rings. The Kier molecular flexibility index (Phi) is 9.81. The van der Waals surface area contributed by atoms with E-state index in [1.54, 1.807) is 0 Å². The normalized spacial score (nSPS) is 16.5. The standard InChI is InChI=1S/C22H30N2O2.C2H2O4.H2O/c1-15-16(2)21-19(17(3)20(15)25)9-11-22(4,26-21)14-24(5)13-10-18-8-6-7-12-23-18;3-1(4)2(5)6;/h6-8,12,25H,9-11,13-14H2,1-5H3;(H,3,4)(H,5,6);1H2. The topological polar surface area (TPSA) is 152 Å². The highest BCUT2D eigenvalue weighted by atomic mass is 16.5. The van der Waals surface area contributed by atoms with E-state index in [9.17, 15) is 5.11 Å². The fourth-order valence-electron chi connectivity index (χ4n) is 3.91. The van der Waals surface area contributed by atoms with Crippen molar-refractivity contribution >= 4 is 11.9 Å². The van der Waals surface area contributed by atoms with E-state index in [-0.39, 0.29) is 11.1 Å². The van der Waals surface area contributed by atoms with Crippen molar-refractivity contribution in [2.24, 2.45) is 0 Å². The van der Waals surface area contributed by atoms with Crippen molar-refractivity contribution in [1.82, 2.24) is 9.88 Å². The SMILES string of the molecule is Cc1c(C)c2c(c(C)c1O)CCC(C)(CN(C)CCc1ccccn1)O2.O.O=C(O)C(=O)O. The molecule has 0 radical (unpaired) electrons. The minimum absolute atomic E-state index is 0. The number of nitrogens with zero attached hydrogens (tertiary/aromatic N) is 2. The summed E-state index contributed by atoms with van der Waals surface area (Å²) in [6.45, 7) is 10.0. The molecule has 33 heavy (non-hydrogen) atoms. The molecular weight excluding hydrogens is 428 g/mol. The first-order valence-corrected chi connectivity index (χ1v) is 10.5. The van der Waals surface area contributed by atoms with Crippen LogP contribution in [0.1, 0.15) is 41.3 Å². The van der Waals surface area contributed by atoms with Gasteiger partial charge in [0, 0.05) is 37.0 Å². The van der Waals surface area contributed by atoms with E-state index in [2.05, 4.69) is 29.9 Å². The molecule has 0 aliphatic carbocycles. The van der Waals surface area contributed by atoms with Gasteiger partial charge in [-0.25, -0.2) is 9.59 Å². The third-order valence-corrected chi connectivity index (χ3v) is 5.86. The molecule has 0 amide bonds. The molecule has 2 heterocycles. The maximum Gasteiger partial charge on any atom is 0.414 e. The molecule has 0 fully saturated rings. The lowest BCUT2D eigenvalue weighted by atomic mass is 9.87. The average molecular weight is 463 g/mol. The first-order chi connectivity index (χ1) is 14.9. The van der Waals surface area contributed by atoms with E-state index in [4.69, 9.17) is 24.5 Å². The summed E-state index contributed by atoms with van der Waals surface area (Å²) < 4.78 is 6.52. The number of hydrogen-bond acceptors (Lipinski definition) is 6. The van der Waals surface area contributed by atoms with E-state index >= 15 is 0 Å². The summed E-state index contributed by atoms with van der Waals surface area (Å²) in [5.74, 6) is -2.25. The van der Waals surface area contributed by atoms with Gasteiger partial charge in [-0.15, -0.1) is 0 Å². The Bertz CT molecular complexity index is 967. The monoisotopic (exact) mass is 462 g/mol. The van der Waals surface area contributed by atoms with Crippen LogP contribution < -0.4 is 4.74 Å². The Balaban J connectivity index is 0.000000691. The van der Waals surface area contributed by atoms with Crippen LogP contribution in [0, 0.1) is 20.8 Å². The number of carboxylic acid groups (broad SMARTS) is 2. The van der Waals surface area contributed by atoms with Crippen molar-refractivity contribution in [3.8, 4) is 11.5 Å². The molecule has 9 heteroatoms. The molecule has 0 bridgehead atoms. The largest absolute Gasteiger partial charge is 0.507 e.